The van der Waals surface area contributed by atoms with E-state index in [9.17, 15) is 4.79 Å². The Labute approximate surface area is 316 Å². The van der Waals surface area contributed by atoms with Crippen LogP contribution in [-0.2, 0) is 25.7 Å². The highest BCUT2D eigenvalue weighted by Gasteiger charge is 2.35. The maximum atomic E-state index is 13.9. The molecule has 0 aromatic heterocycles. The van der Waals surface area contributed by atoms with Gasteiger partial charge in [-0.3, -0.25) is 9.80 Å². The molecule has 0 radical (unpaired) electrons. The van der Waals surface area contributed by atoms with Crippen LogP contribution >= 0.6 is 0 Å². The maximum absolute atomic E-state index is 13.9. The Morgan fingerprint density at radius 2 is 1.30 bits per heavy atom. The van der Waals surface area contributed by atoms with Gasteiger partial charge < -0.3 is 28.4 Å². The van der Waals surface area contributed by atoms with Crippen LogP contribution in [0.2, 0.25) is 0 Å². The molecule has 0 saturated carbocycles. The summed E-state index contributed by atoms with van der Waals surface area (Å²) >= 11 is 0. The molecule has 5 aromatic rings. The first-order valence-electron chi connectivity index (χ1n) is 18.5. The minimum atomic E-state index is -0.505. The number of fused-ring (bicyclic) bond motifs is 2. The van der Waals surface area contributed by atoms with Crippen molar-refractivity contribution < 1.29 is 33.2 Å². The Morgan fingerprint density at radius 1 is 0.667 bits per heavy atom. The fourth-order valence-electron chi connectivity index (χ4n) is 8.02. The molecule has 0 unspecified atom stereocenters. The minimum Gasteiger partial charge on any atom is -0.493 e. The van der Waals surface area contributed by atoms with Crippen LogP contribution in [0, 0.1) is 6.92 Å². The lowest BCUT2D eigenvalue weighted by Crippen LogP contribution is -2.34. The Balaban J connectivity index is 1.36. The van der Waals surface area contributed by atoms with Crippen LogP contribution in [0.5, 0.6) is 46.0 Å². The van der Waals surface area contributed by atoms with E-state index in [4.69, 9.17) is 28.4 Å². The third-order valence-electron chi connectivity index (χ3n) is 11.1. The first kappa shape index (κ1) is 35.5. The van der Waals surface area contributed by atoms with Crippen molar-refractivity contribution in [3.8, 4) is 46.0 Å². The highest BCUT2D eigenvalue weighted by molar-refractivity contribution is 5.92. The molecule has 0 amide bonds. The standard InChI is InChI=1S/C45H46N2O7/c1-27-7-12-30(13-8-27)45(48)54-43-41(51-6)25-32-18-20-47(3)36-22-29-11-16-37(49-4)39(23-29)52-33-14-9-28(10-15-33)21-35-34-26-40(53-44(43)42(32)36)38(50-5)24-31(34)17-19-46(35)2/h7-16,23-26,35-36H,17-22H2,1-6H3/t35-,36-/m0/s1. The maximum Gasteiger partial charge on any atom is 0.343 e. The summed E-state index contributed by atoms with van der Waals surface area (Å²) in [6.45, 7) is 3.71. The first-order valence-corrected chi connectivity index (χ1v) is 18.5. The van der Waals surface area contributed by atoms with E-state index in [-0.39, 0.29) is 17.8 Å². The number of nitrogens with zero attached hydrogens (tertiary/aromatic N) is 2. The van der Waals surface area contributed by atoms with Gasteiger partial charge in [-0.2, -0.15) is 0 Å². The lowest BCUT2D eigenvalue weighted by atomic mass is 9.87. The SMILES string of the molecule is COc1ccc2cc1Oc1ccc(cc1)C[C@H]1c3cc(c(OC)cc3CCN1C)Oc1c(OC(=O)c3ccc(C)cc3)c(OC)cc3c1[C@H](C2)N(C)CC3. The summed E-state index contributed by atoms with van der Waals surface area (Å²) in [5.74, 6) is 3.76. The molecule has 9 rings (SSSR count). The van der Waals surface area contributed by atoms with Gasteiger partial charge in [0, 0.05) is 30.7 Å². The molecule has 0 fully saturated rings. The van der Waals surface area contributed by atoms with E-state index in [2.05, 4.69) is 54.2 Å². The molecule has 54 heavy (non-hydrogen) atoms. The van der Waals surface area contributed by atoms with Crippen molar-refractivity contribution in [3.63, 3.8) is 0 Å². The number of methoxy groups -OCH3 is 3. The third-order valence-corrected chi connectivity index (χ3v) is 11.1. The zero-order valence-electron chi connectivity index (χ0n) is 31.7. The summed E-state index contributed by atoms with van der Waals surface area (Å²) in [7, 11) is 9.20. The number of carbonyl (C=O) groups excluding carboxylic acids is 1. The molecule has 0 N–H and O–H groups in total. The molecular weight excluding hydrogens is 681 g/mol. The molecule has 2 atom stereocenters. The Bertz CT molecular complexity index is 2200. The van der Waals surface area contributed by atoms with Crippen LogP contribution in [0.4, 0.5) is 0 Å². The van der Waals surface area contributed by atoms with Crippen molar-refractivity contribution in [1.82, 2.24) is 9.80 Å². The van der Waals surface area contributed by atoms with Gasteiger partial charge in [-0.15, -0.1) is 0 Å². The first-order chi connectivity index (χ1) is 26.2. The number of rotatable bonds is 5. The predicted molar refractivity (Wildman–Crippen MR) is 207 cm³/mol. The third kappa shape index (κ3) is 6.74. The predicted octanol–water partition coefficient (Wildman–Crippen LogP) is 8.68. The van der Waals surface area contributed by atoms with Crippen LogP contribution in [0.15, 0.2) is 84.9 Å². The summed E-state index contributed by atoms with van der Waals surface area (Å²) in [5, 5.41) is 0. The van der Waals surface area contributed by atoms with Gasteiger partial charge in [0.05, 0.1) is 26.9 Å². The van der Waals surface area contributed by atoms with Gasteiger partial charge in [0.15, 0.2) is 34.5 Å². The van der Waals surface area contributed by atoms with Crippen LogP contribution in [0.3, 0.4) is 0 Å². The number of carbonyl (C=O) groups is 1. The quantitative estimate of drug-likeness (QED) is 0.131. The highest BCUT2D eigenvalue weighted by atomic mass is 16.6. The van der Waals surface area contributed by atoms with E-state index in [1.807, 2.05) is 49.4 Å². The number of esters is 1. The Morgan fingerprint density at radius 3 is 2.02 bits per heavy atom. The van der Waals surface area contributed by atoms with Crippen molar-refractivity contribution in [2.75, 3.05) is 48.5 Å². The van der Waals surface area contributed by atoms with Crippen molar-refractivity contribution >= 4 is 5.97 Å². The molecule has 4 aliphatic rings. The zero-order valence-corrected chi connectivity index (χ0v) is 31.7. The molecular formula is C45H46N2O7. The topological polar surface area (TPSA) is 78.9 Å². The number of likely N-dealkylation sites (N-methyl/N-ethyl adjacent to an activating group) is 2. The van der Waals surface area contributed by atoms with Crippen molar-refractivity contribution in [3.05, 3.63) is 129 Å². The Hall–Kier alpha value is -5.51. The number of aryl methyl sites for hydroxylation is 1. The number of hydrogen-bond acceptors (Lipinski definition) is 9. The zero-order chi connectivity index (χ0) is 37.5. The largest absolute Gasteiger partial charge is 0.493 e. The van der Waals surface area contributed by atoms with Crippen molar-refractivity contribution in [2.24, 2.45) is 0 Å². The summed E-state index contributed by atoms with van der Waals surface area (Å²) in [5.41, 5.74) is 8.09. The summed E-state index contributed by atoms with van der Waals surface area (Å²) in [6.07, 6.45) is 3.04. The Kier molecular flexibility index (Phi) is 9.68. The summed E-state index contributed by atoms with van der Waals surface area (Å²) in [4.78, 5) is 18.6. The average molecular weight is 727 g/mol. The molecule has 0 saturated heterocycles. The van der Waals surface area contributed by atoms with E-state index < -0.39 is 5.97 Å². The normalized spacial score (nSPS) is 18.0. The molecule has 6 bridgehead atoms. The van der Waals surface area contributed by atoms with E-state index in [0.717, 1.165) is 60.4 Å². The van der Waals surface area contributed by atoms with E-state index in [1.165, 1.54) is 16.7 Å². The monoisotopic (exact) mass is 726 g/mol. The summed E-state index contributed by atoms with van der Waals surface area (Å²) in [6, 6.07) is 27.9. The smallest absolute Gasteiger partial charge is 0.343 e. The number of hydrogen-bond donors (Lipinski definition) is 0. The fourth-order valence-corrected chi connectivity index (χ4v) is 8.02. The second-order valence-electron chi connectivity index (χ2n) is 14.5. The number of ether oxygens (including phenoxy) is 6. The summed E-state index contributed by atoms with van der Waals surface area (Å²) < 4.78 is 37.7. The molecule has 278 valence electrons. The van der Waals surface area contributed by atoms with Gasteiger partial charge in [-0.25, -0.2) is 4.79 Å². The average Bonchev–Trinajstić information content (AvgIpc) is 3.18. The van der Waals surface area contributed by atoms with E-state index in [0.29, 0.717) is 46.5 Å². The molecule has 0 spiro atoms. The van der Waals surface area contributed by atoms with Gasteiger partial charge in [-0.05, 0) is 129 Å². The van der Waals surface area contributed by atoms with Gasteiger partial charge in [0.2, 0.25) is 5.75 Å². The lowest BCUT2D eigenvalue weighted by Gasteiger charge is -2.37. The molecule has 9 nitrogen and oxygen atoms in total. The highest BCUT2D eigenvalue weighted by Crippen LogP contribution is 2.52. The van der Waals surface area contributed by atoms with Gasteiger partial charge in [0.25, 0.3) is 0 Å². The van der Waals surface area contributed by atoms with Gasteiger partial charge in [0.1, 0.15) is 5.75 Å². The fraction of sp³-hybridized carbons (Fsp3) is 0.311. The van der Waals surface area contributed by atoms with Gasteiger partial charge >= 0.3 is 5.97 Å². The lowest BCUT2D eigenvalue weighted by molar-refractivity contribution is 0.0724. The molecule has 4 aliphatic heterocycles. The second kappa shape index (κ2) is 14.7. The van der Waals surface area contributed by atoms with Crippen LogP contribution in [-0.4, -0.2) is 64.3 Å². The number of benzene rings is 5. The van der Waals surface area contributed by atoms with Gasteiger partial charge in [-0.1, -0.05) is 35.9 Å². The molecule has 9 heteroatoms. The minimum absolute atomic E-state index is 0.0846. The van der Waals surface area contributed by atoms with E-state index >= 15 is 0 Å². The van der Waals surface area contributed by atoms with Crippen molar-refractivity contribution in [2.45, 2.75) is 44.7 Å². The molecule has 5 aromatic carbocycles. The molecule has 0 aliphatic carbocycles. The van der Waals surface area contributed by atoms with Crippen molar-refractivity contribution in [1.29, 1.82) is 0 Å². The van der Waals surface area contributed by atoms with Crippen LogP contribution in [0.25, 0.3) is 0 Å². The second-order valence-corrected chi connectivity index (χ2v) is 14.5. The van der Waals surface area contributed by atoms with Crippen LogP contribution in [0.1, 0.15) is 61.4 Å². The van der Waals surface area contributed by atoms with E-state index in [1.54, 1.807) is 33.5 Å². The van der Waals surface area contributed by atoms with Crippen LogP contribution < -0.4 is 28.4 Å². The molecule has 4 heterocycles.